The zero-order valence-electron chi connectivity index (χ0n) is 16.1. The lowest BCUT2D eigenvalue weighted by Crippen LogP contribution is -2.19. The molecule has 0 aliphatic rings. The highest BCUT2D eigenvalue weighted by Crippen LogP contribution is 2.30. The Morgan fingerprint density at radius 1 is 1.09 bits per heavy atom. The van der Waals surface area contributed by atoms with Gasteiger partial charge in [-0.05, 0) is 6.07 Å². The number of nitrogen functional groups attached to an aromatic ring is 1. The molecule has 0 unspecified atom stereocenters. The van der Waals surface area contributed by atoms with Gasteiger partial charge in [0.15, 0.2) is 24.0 Å². The molecule has 7 nitrogen and oxygen atoms in total. The Morgan fingerprint density at radius 2 is 1.78 bits per heavy atom. The number of hydrogen-bond acceptors (Lipinski definition) is 6. The first kappa shape index (κ1) is 21.3. The Labute approximate surface area is 176 Å². The van der Waals surface area contributed by atoms with E-state index in [2.05, 4.69) is 19.8 Å². The minimum absolute atomic E-state index is 0.0899. The van der Waals surface area contributed by atoms with Gasteiger partial charge in [-0.2, -0.15) is 18.3 Å². The molecule has 12 heteroatoms. The molecule has 0 aliphatic carbocycles. The van der Waals surface area contributed by atoms with E-state index < -0.39 is 35.7 Å². The number of nitrogens with zero attached hydrogens (tertiary/aromatic N) is 4. The molecule has 2 heterocycles. The van der Waals surface area contributed by atoms with Gasteiger partial charge in [0.2, 0.25) is 0 Å². The summed E-state index contributed by atoms with van der Waals surface area (Å²) in [7, 11) is 0. The highest BCUT2D eigenvalue weighted by Gasteiger charge is 2.29. The first-order valence-corrected chi connectivity index (χ1v) is 9.07. The quantitative estimate of drug-likeness (QED) is 0.445. The molecule has 2 aromatic carbocycles. The van der Waals surface area contributed by atoms with Crippen LogP contribution >= 0.6 is 0 Å². The van der Waals surface area contributed by atoms with Gasteiger partial charge in [-0.25, -0.2) is 18.7 Å². The van der Waals surface area contributed by atoms with Crippen LogP contribution in [-0.2, 0) is 6.54 Å². The fraction of sp³-hybridized carbons (Fsp3) is 0.150. The van der Waals surface area contributed by atoms with E-state index in [9.17, 15) is 27.1 Å². The normalized spacial score (nSPS) is 11.8. The molecule has 0 bridgehead atoms. The van der Waals surface area contributed by atoms with Gasteiger partial charge in [0.05, 0.1) is 18.3 Å². The van der Waals surface area contributed by atoms with Crippen molar-refractivity contribution >= 4 is 16.7 Å². The van der Waals surface area contributed by atoms with Gasteiger partial charge in [0, 0.05) is 23.1 Å². The number of benzene rings is 2. The minimum atomic E-state index is -4.64. The maximum absolute atomic E-state index is 14.5. The fourth-order valence-electron chi connectivity index (χ4n) is 3.04. The number of alkyl halides is 3. The third-order valence-corrected chi connectivity index (χ3v) is 4.49. The third kappa shape index (κ3) is 4.24. The van der Waals surface area contributed by atoms with Crippen LogP contribution in [0.4, 0.5) is 27.8 Å². The van der Waals surface area contributed by atoms with Crippen LogP contribution < -0.4 is 10.5 Å². The van der Waals surface area contributed by atoms with E-state index in [-0.39, 0.29) is 29.6 Å². The molecule has 2 aromatic heterocycles. The molecule has 0 radical (unpaired) electrons. The summed E-state index contributed by atoms with van der Waals surface area (Å²) >= 11 is 0. The molecule has 0 atom stereocenters. The van der Waals surface area contributed by atoms with Crippen LogP contribution in [0.15, 0.2) is 42.6 Å². The molecule has 0 amide bonds. The van der Waals surface area contributed by atoms with Crippen LogP contribution in [0, 0.1) is 11.6 Å². The number of hydrogen-bond donors (Lipinski definition) is 2. The monoisotopic (exact) mass is 451 g/mol. The lowest BCUT2D eigenvalue weighted by atomic mass is 10.1. The zero-order chi connectivity index (χ0) is 23.0. The van der Waals surface area contributed by atoms with Crippen molar-refractivity contribution in [2.75, 3.05) is 12.3 Å². The molecule has 0 spiro atoms. The maximum Gasteiger partial charge on any atom is 0.422 e. The summed E-state index contributed by atoms with van der Waals surface area (Å²) in [5.41, 5.74) is 5.96. The number of halogens is 5. The summed E-state index contributed by atoms with van der Waals surface area (Å²) < 4.78 is 71.7. The Hall–Kier alpha value is -3.96. The van der Waals surface area contributed by atoms with Gasteiger partial charge >= 0.3 is 6.18 Å². The molecule has 0 aliphatic heterocycles. The molecule has 0 fully saturated rings. The number of aromatic nitrogens is 4. The highest BCUT2D eigenvalue weighted by atomic mass is 19.4. The van der Waals surface area contributed by atoms with Crippen LogP contribution in [0.25, 0.3) is 22.4 Å². The van der Waals surface area contributed by atoms with Gasteiger partial charge in [-0.15, -0.1) is 0 Å². The summed E-state index contributed by atoms with van der Waals surface area (Å²) in [6.45, 7) is -2.04. The molecule has 166 valence electrons. The van der Waals surface area contributed by atoms with Crippen LogP contribution in [0.2, 0.25) is 0 Å². The molecular weight excluding hydrogens is 437 g/mol. The van der Waals surface area contributed by atoms with Crippen LogP contribution in [0.5, 0.6) is 11.5 Å². The van der Waals surface area contributed by atoms with Crippen molar-refractivity contribution < 1.29 is 31.8 Å². The van der Waals surface area contributed by atoms with E-state index in [4.69, 9.17) is 5.73 Å². The van der Waals surface area contributed by atoms with Crippen molar-refractivity contribution in [3.05, 3.63) is 59.8 Å². The van der Waals surface area contributed by atoms with E-state index in [1.54, 1.807) is 24.3 Å². The molecule has 0 saturated heterocycles. The van der Waals surface area contributed by atoms with E-state index in [1.807, 2.05) is 0 Å². The number of aromatic hydroxyl groups is 1. The number of fused-ring (bicyclic) bond motifs is 1. The lowest BCUT2D eigenvalue weighted by molar-refractivity contribution is -0.153. The second-order valence-electron chi connectivity index (χ2n) is 6.76. The van der Waals surface area contributed by atoms with Crippen molar-refractivity contribution in [1.82, 2.24) is 19.7 Å². The molecular formula is C20H14F5N5O2. The predicted octanol–water partition coefficient (Wildman–Crippen LogP) is 4.05. The fourth-order valence-corrected chi connectivity index (χ4v) is 3.04. The first-order chi connectivity index (χ1) is 15.1. The largest absolute Gasteiger partial charge is 0.503 e. The summed E-state index contributed by atoms with van der Waals surface area (Å²) in [6.07, 6.45) is -3.54. The number of nitrogens with two attached hydrogens (primary N) is 1. The summed E-state index contributed by atoms with van der Waals surface area (Å²) in [5.74, 6) is -3.15. The summed E-state index contributed by atoms with van der Waals surface area (Å²) in [4.78, 5) is 7.98. The first-order valence-electron chi connectivity index (χ1n) is 9.07. The number of rotatable bonds is 5. The Kier molecular flexibility index (Phi) is 5.28. The number of anilines is 1. The summed E-state index contributed by atoms with van der Waals surface area (Å²) in [6, 6.07) is 8.13. The van der Waals surface area contributed by atoms with Crippen LogP contribution in [0.1, 0.15) is 5.56 Å². The Bertz CT molecular complexity index is 1280. The third-order valence-electron chi connectivity index (χ3n) is 4.49. The average molecular weight is 451 g/mol. The second kappa shape index (κ2) is 7.94. The number of ether oxygens (including phenoxy) is 1. The van der Waals surface area contributed by atoms with Crippen LogP contribution in [-0.4, -0.2) is 37.6 Å². The predicted molar refractivity (Wildman–Crippen MR) is 104 cm³/mol. The van der Waals surface area contributed by atoms with Crippen LogP contribution in [0.3, 0.4) is 0 Å². The zero-order valence-corrected chi connectivity index (χ0v) is 16.1. The number of para-hydroxylation sites is 1. The van der Waals surface area contributed by atoms with Crippen molar-refractivity contribution in [2.45, 2.75) is 12.7 Å². The van der Waals surface area contributed by atoms with Crippen molar-refractivity contribution in [2.24, 2.45) is 0 Å². The van der Waals surface area contributed by atoms with E-state index >= 15 is 0 Å². The van der Waals surface area contributed by atoms with E-state index in [1.165, 1.54) is 4.68 Å². The second-order valence-corrected chi connectivity index (χ2v) is 6.76. The molecule has 3 N–H and O–H groups in total. The molecule has 4 aromatic rings. The molecule has 4 rings (SSSR count). The SMILES string of the molecule is Nc1nc(-c2nn(Cc3c(F)cc(OCC(F)(F)F)cc3F)c3ccccc23)ncc1O. The van der Waals surface area contributed by atoms with Gasteiger partial charge in [-0.3, -0.25) is 4.68 Å². The topological polar surface area (TPSA) is 99.1 Å². The van der Waals surface area contributed by atoms with Gasteiger partial charge in [0.25, 0.3) is 0 Å². The Balaban J connectivity index is 1.72. The highest BCUT2D eigenvalue weighted by molar-refractivity contribution is 5.91. The maximum atomic E-state index is 14.5. The van der Waals surface area contributed by atoms with Crippen molar-refractivity contribution in [3.63, 3.8) is 0 Å². The lowest BCUT2D eigenvalue weighted by Gasteiger charge is -2.12. The van der Waals surface area contributed by atoms with Crippen molar-refractivity contribution in [3.8, 4) is 23.0 Å². The average Bonchev–Trinajstić information content (AvgIpc) is 3.09. The summed E-state index contributed by atoms with van der Waals surface area (Å²) in [5, 5.41) is 14.4. The standard InChI is InChI=1S/C20H14F5N5O2/c21-13-5-10(32-9-20(23,24)25)6-14(22)12(13)8-30-15-4-2-1-3-11(15)17(29-30)19-27-7-16(31)18(26)28-19/h1-7,31H,8-9H2,(H2,26,27,28). The van der Waals surface area contributed by atoms with Gasteiger partial charge in [0.1, 0.15) is 23.1 Å². The van der Waals surface area contributed by atoms with Gasteiger partial charge < -0.3 is 15.6 Å². The minimum Gasteiger partial charge on any atom is -0.503 e. The molecule has 0 saturated carbocycles. The molecule has 32 heavy (non-hydrogen) atoms. The smallest absolute Gasteiger partial charge is 0.422 e. The Morgan fingerprint density at radius 3 is 2.44 bits per heavy atom. The van der Waals surface area contributed by atoms with Gasteiger partial charge in [-0.1, -0.05) is 18.2 Å². The van der Waals surface area contributed by atoms with E-state index in [0.29, 0.717) is 23.0 Å². The van der Waals surface area contributed by atoms with E-state index in [0.717, 1.165) is 6.20 Å². The van der Waals surface area contributed by atoms with Crippen molar-refractivity contribution in [1.29, 1.82) is 0 Å².